The van der Waals surface area contributed by atoms with Crippen molar-refractivity contribution in [3.8, 4) is 6.07 Å². The summed E-state index contributed by atoms with van der Waals surface area (Å²) in [5, 5.41) is 9.26. The first-order valence-electron chi connectivity index (χ1n) is 5.05. The van der Waals surface area contributed by atoms with Gasteiger partial charge in [0, 0.05) is 18.0 Å². The molecule has 2 rings (SSSR count). The summed E-state index contributed by atoms with van der Waals surface area (Å²) in [6.07, 6.45) is 1.60. The Hall–Kier alpha value is -2.33. The molecule has 4 N–H and O–H groups in total. The summed E-state index contributed by atoms with van der Waals surface area (Å²) in [7, 11) is 0. The molecular formula is C11H10N6S. The monoisotopic (exact) mass is 258 g/mol. The van der Waals surface area contributed by atoms with E-state index in [4.69, 9.17) is 16.7 Å². The van der Waals surface area contributed by atoms with Crippen LogP contribution < -0.4 is 11.5 Å². The molecule has 0 aliphatic heterocycles. The Bertz CT molecular complexity index is 586. The largest absolute Gasteiger partial charge is 0.383 e. The molecule has 0 unspecified atom stereocenters. The molecule has 0 spiro atoms. The lowest BCUT2D eigenvalue weighted by Gasteiger charge is -2.03. The van der Waals surface area contributed by atoms with Crippen LogP contribution >= 0.6 is 11.8 Å². The number of nitrogens with zero attached hydrogens (tertiary/aromatic N) is 4. The summed E-state index contributed by atoms with van der Waals surface area (Å²) < 4.78 is 0. The van der Waals surface area contributed by atoms with Gasteiger partial charge in [-0.2, -0.15) is 5.26 Å². The topological polar surface area (TPSA) is 114 Å². The number of thioether (sulfide) groups is 1. The minimum atomic E-state index is 0.345. The van der Waals surface area contributed by atoms with E-state index in [0.717, 1.165) is 5.56 Å². The van der Waals surface area contributed by atoms with E-state index in [-0.39, 0.29) is 0 Å². The summed E-state index contributed by atoms with van der Waals surface area (Å²) >= 11 is 1.40. The van der Waals surface area contributed by atoms with Crippen molar-refractivity contribution in [3.05, 3.63) is 35.7 Å². The van der Waals surface area contributed by atoms with E-state index in [2.05, 4.69) is 15.0 Å². The highest BCUT2D eigenvalue weighted by molar-refractivity contribution is 7.98. The predicted molar refractivity (Wildman–Crippen MR) is 69.4 cm³/mol. The summed E-state index contributed by atoms with van der Waals surface area (Å²) in [6, 6.07) is 7.06. The number of aromatic nitrogens is 3. The minimum absolute atomic E-state index is 0.345. The number of hydrogen-bond donors (Lipinski definition) is 2. The number of nitriles is 1. The summed E-state index contributed by atoms with van der Waals surface area (Å²) in [4.78, 5) is 12.0. The third kappa shape index (κ3) is 3.09. The zero-order valence-electron chi connectivity index (χ0n) is 9.37. The molecule has 0 atom stereocenters. The fourth-order valence-electron chi connectivity index (χ4n) is 1.30. The molecule has 0 saturated heterocycles. The highest BCUT2D eigenvalue weighted by Gasteiger charge is 2.03. The SMILES string of the molecule is N#Cc1cc(CSc2nc(N)cc(N)n2)ccn1. The van der Waals surface area contributed by atoms with Crippen LogP contribution in [0.1, 0.15) is 11.3 Å². The molecule has 0 aromatic carbocycles. The molecule has 2 heterocycles. The number of nitrogens with two attached hydrogens (primary N) is 2. The third-order valence-electron chi connectivity index (χ3n) is 2.05. The highest BCUT2D eigenvalue weighted by atomic mass is 32.2. The zero-order valence-corrected chi connectivity index (χ0v) is 10.2. The van der Waals surface area contributed by atoms with Crippen LogP contribution in [0.4, 0.5) is 11.6 Å². The molecule has 7 heteroatoms. The van der Waals surface area contributed by atoms with Crippen LogP contribution in [-0.4, -0.2) is 15.0 Å². The van der Waals surface area contributed by atoms with Crippen molar-refractivity contribution in [3.63, 3.8) is 0 Å². The molecular weight excluding hydrogens is 248 g/mol. The zero-order chi connectivity index (χ0) is 13.0. The average Bonchev–Trinajstić information content (AvgIpc) is 2.35. The Kier molecular flexibility index (Phi) is 3.60. The number of hydrogen-bond acceptors (Lipinski definition) is 7. The van der Waals surface area contributed by atoms with Crippen LogP contribution in [0.3, 0.4) is 0 Å². The van der Waals surface area contributed by atoms with Crippen LogP contribution in [0.25, 0.3) is 0 Å². The molecule has 18 heavy (non-hydrogen) atoms. The van der Waals surface area contributed by atoms with E-state index >= 15 is 0 Å². The second-order valence-corrected chi connectivity index (χ2v) is 4.39. The quantitative estimate of drug-likeness (QED) is 0.627. The fraction of sp³-hybridized carbons (Fsp3) is 0.0909. The molecule has 6 nitrogen and oxygen atoms in total. The van der Waals surface area contributed by atoms with Gasteiger partial charge >= 0.3 is 0 Å². The van der Waals surface area contributed by atoms with Crippen LogP contribution in [0.5, 0.6) is 0 Å². The van der Waals surface area contributed by atoms with Gasteiger partial charge in [-0.25, -0.2) is 15.0 Å². The van der Waals surface area contributed by atoms with Gasteiger partial charge in [0.15, 0.2) is 5.16 Å². The summed E-state index contributed by atoms with van der Waals surface area (Å²) in [6.45, 7) is 0. The maximum atomic E-state index is 8.74. The van der Waals surface area contributed by atoms with Gasteiger partial charge in [0.25, 0.3) is 0 Å². The van der Waals surface area contributed by atoms with E-state index in [1.165, 1.54) is 17.8 Å². The Morgan fingerprint density at radius 3 is 2.61 bits per heavy atom. The Morgan fingerprint density at radius 1 is 1.22 bits per heavy atom. The van der Waals surface area contributed by atoms with E-state index in [9.17, 15) is 0 Å². The molecule has 0 amide bonds. The van der Waals surface area contributed by atoms with Gasteiger partial charge < -0.3 is 11.5 Å². The van der Waals surface area contributed by atoms with Crippen molar-refractivity contribution in [1.82, 2.24) is 15.0 Å². The molecule has 0 fully saturated rings. The van der Waals surface area contributed by atoms with E-state index < -0.39 is 0 Å². The van der Waals surface area contributed by atoms with Crippen LogP contribution in [-0.2, 0) is 5.75 Å². The van der Waals surface area contributed by atoms with Crippen molar-refractivity contribution in [1.29, 1.82) is 5.26 Å². The molecule has 2 aromatic rings. The van der Waals surface area contributed by atoms with E-state index in [0.29, 0.717) is 28.2 Å². The summed E-state index contributed by atoms with van der Waals surface area (Å²) in [5.74, 6) is 1.31. The van der Waals surface area contributed by atoms with Crippen LogP contribution in [0.15, 0.2) is 29.6 Å². The van der Waals surface area contributed by atoms with Crippen molar-refractivity contribution < 1.29 is 0 Å². The van der Waals surface area contributed by atoms with Gasteiger partial charge in [-0.3, -0.25) is 0 Å². The first kappa shape index (κ1) is 12.1. The van der Waals surface area contributed by atoms with E-state index in [1.807, 2.05) is 12.1 Å². The van der Waals surface area contributed by atoms with Gasteiger partial charge in [0.2, 0.25) is 0 Å². The molecule has 90 valence electrons. The standard InChI is InChI=1S/C11H10N6S/c12-5-8-3-7(1-2-15-8)6-18-11-16-9(13)4-10(14)17-11/h1-4H,6H2,(H4,13,14,16,17). The fourth-order valence-corrected chi connectivity index (χ4v) is 2.11. The minimum Gasteiger partial charge on any atom is -0.383 e. The average molecular weight is 258 g/mol. The summed E-state index contributed by atoms with van der Waals surface area (Å²) in [5.41, 5.74) is 12.5. The smallest absolute Gasteiger partial charge is 0.191 e. The second-order valence-electron chi connectivity index (χ2n) is 3.45. The molecule has 0 bridgehead atoms. The molecule has 0 radical (unpaired) electrons. The van der Waals surface area contributed by atoms with Gasteiger partial charge in [-0.05, 0) is 17.7 Å². The first-order valence-corrected chi connectivity index (χ1v) is 6.04. The Labute approximate surface area is 108 Å². The van der Waals surface area contributed by atoms with Gasteiger partial charge in [0.05, 0.1) is 0 Å². The van der Waals surface area contributed by atoms with Gasteiger partial charge in [-0.15, -0.1) is 0 Å². The third-order valence-corrected chi connectivity index (χ3v) is 2.97. The first-order chi connectivity index (χ1) is 8.67. The molecule has 0 saturated carbocycles. The van der Waals surface area contributed by atoms with Crippen molar-refractivity contribution >= 4 is 23.4 Å². The molecule has 2 aromatic heterocycles. The maximum absolute atomic E-state index is 8.74. The normalized spacial score (nSPS) is 9.94. The van der Waals surface area contributed by atoms with Crippen molar-refractivity contribution in [2.75, 3.05) is 11.5 Å². The van der Waals surface area contributed by atoms with Crippen LogP contribution in [0, 0.1) is 11.3 Å². The Balaban J connectivity index is 2.09. The number of pyridine rings is 1. The van der Waals surface area contributed by atoms with Crippen molar-refractivity contribution in [2.24, 2.45) is 0 Å². The van der Waals surface area contributed by atoms with E-state index in [1.54, 1.807) is 12.3 Å². The van der Waals surface area contributed by atoms with Gasteiger partial charge in [0.1, 0.15) is 23.4 Å². The number of nitrogen functional groups attached to an aromatic ring is 2. The maximum Gasteiger partial charge on any atom is 0.191 e. The van der Waals surface area contributed by atoms with Crippen molar-refractivity contribution in [2.45, 2.75) is 10.9 Å². The second kappa shape index (κ2) is 5.33. The number of rotatable bonds is 3. The highest BCUT2D eigenvalue weighted by Crippen LogP contribution is 2.21. The lowest BCUT2D eigenvalue weighted by Crippen LogP contribution is -1.99. The molecule has 0 aliphatic carbocycles. The lowest BCUT2D eigenvalue weighted by molar-refractivity contribution is 0.984. The lowest BCUT2D eigenvalue weighted by atomic mass is 10.2. The van der Waals surface area contributed by atoms with Gasteiger partial charge in [-0.1, -0.05) is 11.8 Å². The molecule has 0 aliphatic rings. The predicted octanol–water partition coefficient (Wildman–Crippen LogP) is 1.20. The van der Waals surface area contributed by atoms with Crippen LogP contribution in [0.2, 0.25) is 0 Å². The Morgan fingerprint density at radius 2 is 1.94 bits per heavy atom. The number of anilines is 2.